The number of fused-ring (bicyclic) bond motifs is 1. The maximum absolute atomic E-state index is 5.33. The number of morpholine rings is 1. The van der Waals surface area contributed by atoms with Gasteiger partial charge in [-0.15, -0.1) is 0 Å². The van der Waals surface area contributed by atoms with Gasteiger partial charge in [0.25, 0.3) is 0 Å². The first-order chi connectivity index (χ1) is 7.84. The molecule has 1 fully saturated rings. The third kappa shape index (κ3) is 1.68. The Hall–Kier alpha value is -1.14. The van der Waals surface area contributed by atoms with E-state index in [2.05, 4.69) is 31.1 Å². The Bertz CT molecular complexity index is 508. The van der Waals surface area contributed by atoms with Crippen LogP contribution in [0.3, 0.4) is 0 Å². The lowest BCUT2D eigenvalue weighted by atomic mass is 10.2. The molecule has 1 aromatic carbocycles. The van der Waals surface area contributed by atoms with Gasteiger partial charge in [-0.05, 0) is 22.4 Å². The second-order valence-electron chi connectivity index (χ2n) is 3.66. The molecular weight excluding hydrogens is 274 g/mol. The molecule has 0 radical (unpaired) electrons. The van der Waals surface area contributed by atoms with Crippen LogP contribution in [-0.4, -0.2) is 36.6 Å². The number of hydrogen-bond acceptors (Lipinski definition) is 5. The molecular formula is C10H10BrN3O2. The van der Waals surface area contributed by atoms with Gasteiger partial charge in [0.2, 0.25) is 0 Å². The lowest BCUT2D eigenvalue weighted by molar-refractivity contribution is 0.123. The lowest BCUT2D eigenvalue weighted by Crippen LogP contribution is -2.36. The van der Waals surface area contributed by atoms with Crippen molar-refractivity contribution in [3.8, 4) is 0 Å². The van der Waals surface area contributed by atoms with E-state index in [1.165, 1.54) is 0 Å². The first-order valence-electron chi connectivity index (χ1n) is 5.09. The van der Waals surface area contributed by atoms with Crippen LogP contribution in [0.15, 0.2) is 21.2 Å². The molecule has 0 amide bonds. The second kappa shape index (κ2) is 4.03. The molecule has 0 bridgehead atoms. The van der Waals surface area contributed by atoms with Crippen LogP contribution in [0.25, 0.3) is 11.0 Å². The van der Waals surface area contributed by atoms with E-state index in [-0.39, 0.29) is 0 Å². The monoisotopic (exact) mass is 283 g/mol. The van der Waals surface area contributed by atoms with E-state index < -0.39 is 0 Å². The Morgan fingerprint density at radius 1 is 1.19 bits per heavy atom. The minimum Gasteiger partial charge on any atom is -0.378 e. The van der Waals surface area contributed by atoms with Gasteiger partial charge in [0, 0.05) is 17.6 Å². The predicted molar refractivity (Wildman–Crippen MR) is 62.5 cm³/mol. The van der Waals surface area contributed by atoms with Crippen molar-refractivity contribution in [2.75, 3.05) is 31.2 Å². The molecule has 0 spiro atoms. The van der Waals surface area contributed by atoms with E-state index in [9.17, 15) is 0 Å². The molecule has 2 aromatic rings. The molecule has 0 atom stereocenters. The van der Waals surface area contributed by atoms with Gasteiger partial charge in [-0.2, -0.15) is 0 Å². The van der Waals surface area contributed by atoms with Crippen LogP contribution in [0.2, 0.25) is 0 Å². The highest BCUT2D eigenvalue weighted by Gasteiger charge is 2.17. The van der Waals surface area contributed by atoms with Crippen LogP contribution in [0.5, 0.6) is 0 Å². The zero-order valence-corrected chi connectivity index (χ0v) is 10.1. The van der Waals surface area contributed by atoms with E-state index in [1.54, 1.807) is 0 Å². The quantitative estimate of drug-likeness (QED) is 0.799. The molecule has 0 N–H and O–H groups in total. The zero-order valence-electron chi connectivity index (χ0n) is 8.52. The molecule has 1 aromatic heterocycles. The van der Waals surface area contributed by atoms with Gasteiger partial charge in [0.1, 0.15) is 5.52 Å². The highest BCUT2D eigenvalue weighted by molar-refractivity contribution is 9.10. The van der Waals surface area contributed by atoms with Crippen molar-refractivity contribution in [2.45, 2.75) is 0 Å². The van der Waals surface area contributed by atoms with Crippen LogP contribution >= 0.6 is 15.9 Å². The molecule has 0 unspecified atom stereocenters. The summed E-state index contributed by atoms with van der Waals surface area (Å²) in [6, 6.07) is 3.94. The topological polar surface area (TPSA) is 51.4 Å². The van der Waals surface area contributed by atoms with Gasteiger partial charge in [-0.25, -0.2) is 4.63 Å². The fourth-order valence-corrected chi connectivity index (χ4v) is 2.32. The summed E-state index contributed by atoms with van der Waals surface area (Å²) in [5.74, 6) is 0. The summed E-state index contributed by atoms with van der Waals surface area (Å²) in [6.45, 7) is 3.25. The molecule has 1 saturated heterocycles. The summed E-state index contributed by atoms with van der Waals surface area (Å²) >= 11 is 3.47. The smallest absolute Gasteiger partial charge is 0.158 e. The van der Waals surface area contributed by atoms with Crippen molar-refractivity contribution < 1.29 is 9.37 Å². The van der Waals surface area contributed by atoms with E-state index in [0.29, 0.717) is 0 Å². The summed E-state index contributed by atoms with van der Waals surface area (Å²) in [5, 5.41) is 7.81. The summed E-state index contributed by atoms with van der Waals surface area (Å²) in [4.78, 5) is 2.24. The largest absolute Gasteiger partial charge is 0.378 e. The molecule has 16 heavy (non-hydrogen) atoms. The number of hydrogen-bond donors (Lipinski definition) is 0. The molecule has 0 aliphatic carbocycles. The standard InChI is InChI=1S/C10H10BrN3O2/c11-7-5-8-10(13-16-12-8)9(6-7)14-1-3-15-4-2-14/h5-6H,1-4H2. The maximum atomic E-state index is 5.33. The summed E-state index contributed by atoms with van der Waals surface area (Å²) in [7, 11) is 0. The van der Waals surface area contributed by atoms with E-state index >= 15 is 0 Å². The third-order valence-corrected chi connectivity index (χ3v) is 3.12. The van der Waals surface area contributed by atoms with Gasteiger partial charge in [0.15, 0.2) is 5.52 Å². The van der Waals surface area contributed by atoms with Crippen molar-refractivity contribution in [1.29, 1.82) is 0 Å². The SMILES string of the molecule is Brc1cc(N2CCOCC2)c2nonc2c1. The van der Waals surface area contributed by atoms with Crippen LogP contribution in [0.1, 0.15) is 0 Å². The average Bonchev–Trinajstić information content (AvgIpc) is 2.77. The minimum absolute atomic E-state index is 0.749. The summed E-state index contributed by atoms with van der Waals surface area (Å²) in [5.41, 5.74) is 2.63. The molecule has 1 aliphatic heterocycles. The Labute approximate surface area is 100 Å². The highest BCUT2D eigenvalue weighted by Crippen LogP contribution is 2.29. The second-order valence-corrected chi connectivity index (χ2v) is 4.57. The fourth-order valence-electron chi connectivity index (χ4n) is 1.88. The fraction of sp³-hybridized carbons (Fsp3) is 0.400. The number of anilines is 1. The van der Waals surface area contributed by atoms with E-state index in [0.717, 1.165) is 47.5 Å². The number of halogens is 1. The third-order valence-electron chi connectivity index (χ3n) is 2.66. The Balaban J connectivity index is 2.09. The van der Waals surface area contributed by atoms with Gasteiger partial charge in [-0.3, -0.25) is 0 Å². The average molecular weight is 284 g/mol. The van der Waals surface area contributed by atoms with Crippen LogP contribution in [0.4, 0.5) is 5.69 Å². The molecule has 0 saturated carbocycles. The molecule has 1 aliphatic rings. The van der Waals surface area contributed by atoms with Gasteiger partial charge < -0.3 is 9.64 Å². The predicted octanol–water partition coefficient (Wildman–Crippen LogP) is 1.82. The highest BCUT2D eigenvalue weighted by atomic mass is 79.9. The van der Waals surface area contributed by atoms with E-state index in [4.69, 9.17) is 9.37 Å². The molecule has 84 valence electrons. The summed E-state index contributed by atoms with van der Waals surface area (Å²) in [6.07, 6.45) is 0. The Morgan fingerprint density at radius 3 is 2.81 bits per heavy atom. The number of nitrogens with zero attached hydrogens (tertiary/aromatic N) is 3. The van der Waals surface area contributed by atoms with Gasteiger partial charge in [0.05, 0.1) is 18.9 Å². The molecule has 5 nitrogen and oxygen atoms in total. The zero-order chi connectivity index (χ0) is 11.0. The first-order valence-corrected chi connectivity index (χ1v) is 5.88. The van der Waals surface area contributed by atoms with Crippen LogP contribution < -0.4 is 4.90 Å². The van der Waals surface area contributed by atoms with Crippen molar-refractivity contribution in [3.63, 3.8) is 0 Å². The lowest BCUT2D eigenvalue weighted by Gasteiger charge is -2.28. The van der Waals surface area contributed by atoms with Gasteiger partial charge in [-0.1, -0.05) is 15.9 Å². The Morgan fingerprint density at radius 2 is 2.00 bits per heavy atom. The number of ether oxygens (including phenoxy) is 1. The number of rotatable bonds is 1. The normalized spacial score (nSPS) is 16.9. The summed E-state index contributed by atoms with van der Waals surface area (Å²) < 4.78 is 11.1. The molecule has 2 heterocycles. The van der Waals surface area contributed by atoms with Crippen LogP contribution in [0, 0.1) is 0 Å². The van der Waals surface area contributed by atoms with Crippen molar-refractivity contribution in [1.82, 2.24) is 10.3 Å². The first kappa shape index (κ1) is 10.0. The van der Waals surface area contributed by atoms with Crippen molar-refractivity contribution >= 4 is 32.7 Å². The number of benzene rings is 1. The van der Waals surface area contributed by atoms with E-state index in [1.807, 2.05) is 12.1 Å². The minimum atomic E-state index is 0.749. The molecule has 3 rings (SSSR count). The van der Waals surface area contributed by atoms with Gasteiger partial charge >= 0.3 is 0 Å². The van der Waals surface area contributed by atoms with Crippen LogP contribution in [-0.2, 0) is 4.74 Å². The maximum Gasteiger partial charge on any atom is 0.158 e. The van der Waals surface area contributed by atoms with Crippen molar-refractivity contribution in [2.24, 2.45) is 0 Å². The molecule has 6 heteroatoms. The van der Waals surface area contributed by atoms with Crippen molar-refractivity contribution in [3.05, 3.63) is 16.6 Å². The number of aromatic nitrogens is 2. The Kier molecular flexibility index (Phi) is 2.53.